The molecule has 0 saturated carbocycles. The fourth-order valence-electron chi connectivity index (χ4n) is 2.87. The van der Waals surface area contributed by atoms with E-state index in [1.807, 2.05) is 6.07 Å². The van der Waals surface area contributed by atoms with Gasteiger partial charge in [-0.15, -0.1) is 0 Å². The Morgan fingerprint density at radius 1 is 1.32 bits per heavy atom. The SMILES string of the molecule is CCNCc1c(Cl)cccc1N1CC(C)CCC1C. The minimum absolute atomic E-state index is 0.607. The zero-order valence-electron chi connectivity index (χ0n) is 12.2. The van der Waals surface area contributed by atoms with Gasteiger partial charge in [0.15, 0.2) is 0 Å². The second-order valence-corrected chi connectivity index (χ2v) is 6.11. The quantitative estimate of drug-likeness (QED) is 0.894. The Hall–Kier alpha value is -0.730. The first-order valence-corrected chi connectivity index (χ1v) is 7.76. The molecule has 3 heteroatoms. The molecule has 2 rings (SSSR count). The highest BCUT2D eigenvalue weighted by molar-refractivity contribution is 6.31. The number of nitrogens with zero attached hydrogens (tertiary/aromatic N) is 1. The summed E-state index contributed by atoms with van der Waals surface area (Å²) in [5.74, 6) is 0.766. The Kier molecular flexibility index (Phi) is 5.12. The fourth-order valence-corrected chi connectivity index (χ4v) is 3.10. The predicted molar refractivity (Wildman–Crippen MR) is 84.0 cm³/mol. The number of hydrogen-bond acceptors (Lipinski definition) is 2. The smallest absolute Gasteiger partial charge is 0.0471 e. The topological polar surface area (TPSA) is 15.3 Å². The number of rotatable bonds is 4. The fraction of sp³-hybridized carbons (Fsp3) is 0.625. The van der Waals surface area contributed by atoms with Crippen molar-refractivity contribution in [1.29, 1.82) is 0 Å². The van der Waals surface area contributed by atoms with Gasteiger partial charge in [0.2, 0.25) is 0 Å². The molecule has 0 amide bonds. The molecule has 2 nitrogen and oxygen atoms in total. The third kappa shape index (κ3) is 3.43. The summed E-state index contributed by atoms with van der Waals surface area (Å²) >= 11 is 6.40. The van der Waals surface area contributed by atoms with E-state index in [0.717, 1.165) is 30.6 Å². The summed E-state index contributed by atoms with van der Waals surface area (Å²) in [6.07, 6.45) is 2.61. The van der Waals surface area contributed by atoms with Crippen LogP contribution in [-0.2, 0) is 6.54 Å². The molecule has 0 spiro atoms. The molecule has 0 bridgehead atoms. The lowest BCUT2D eigenvalue weighted by Crippen LogP contribution is -2.41. The lowest BCUT2D eigenvalue weighted by atomic mass is 9.93. The molecule has 1 aromatic rings. The molecule has 1 fully saturated rings. The van der Waals surface area contributed by atoms with Crippen molar-refractivity contribution in [3.8, 4) is 0 Å². The summed E-state index contributed by atoms with van der Waals surface area (Å²) in [5, 5.41) is 4.28. The van der Waals surface area contributed by atoms with Gasteiger partial charge in [-0.2, -0.15) is 0 Å². The molecule has 106 valence electrons. The molecule has 0 aliphatic carbocycles. The summed E-state index contributed by atoms with van der Waals surface area (Å²) in [4.78, 5) is 2.53. The summed E-state index contributed by atoms with van der Waals surface area (Å²) < 4.78 is 0. The van der Waals surface area contributed by atoms with E-state index in [1.165, 1.54) is 24.1 Å². The van der Waals surface area contributed by atoms with Crippen LogP contribution in [0.5, 0.6) is 0 Å². The van der Waals surface area contributed by atoms with Crippen LogP contribution in [0.3, 0.4) is 0 Å². The monoisotopic (exact) mass is 280 g/mol. The van der Waals surface area contributed by atoms with Gasteiger partial charge in [-0.3, -0.25) is 0 Å². The molecule has 2 atom stereocenters. The van der Waals surface area contributed by atoms with E-state index in [1.54, 1.807) is 0 Å². The van der Waals surface area contributed by atoms with Crippen LogP contribution in [-0.4, -0.2) is 19.1 Å². The van der Waals surface area contributed by atoms with Crippen LogP contribution in [0.4, 0.5) is 5.69 Å². The number of anilines is 1. The molecule has 1 N–H and O–H groups in total. The van der Waals surface area contributed by atoms with E-state index in [-0.39, 0.29) is 0 Å². The highest BCUT2D eigenvalue weighted by atomic mass is 35.5. The van der Waals surface area contributed by atoms with Crippen molar-refractivity contribution >= 4 is 17.3 Å². The summed E-state index contributed by atoms with van der Waals surface area (Å²) in [5.41, 5.74) is 2.56. The molecule has 1 aliphatic heterocycles. The van der Waals surface area contributed by atoms with Crippen LogP contribution in [0, 0.1) is 5.92 Å². The number of halogens is 1. The van der Waals surface area contributed by atoms with Crippen molar-refractivity contribution in [1.82, 2.24) is 5.32 Å². The number of benzene rings is 1. The van der Waals surface area contributed by atoms with Gasteiger partial charge >= 0.3 is 0 Å². The summed E-state index contributed by atoms with van der Waals surface area (Å²) in [7, 11) is 0. The zero-order valence-corrected chi connectivity index (χ0v) is 13.0. The lowest BCUT2D eigenvalue weighted by Gasteiger charge is -2.39. The third-order valence-electron chi connectivity index (χ3n) is 4.07. The average Bonchev–Trinajstić information content (AvgIpc) is 2.40. The minimum atomic E-state index is 0.607. The standard InChI is InChI=1S/C16H25ClN2/c1-4-18-10-14-15(17)6-5-7-16(14)19-11-12(2)8-9-13(19)3/h5-7,12-13,18H,4,8-11H2,1-3H3. The van der Waals surface area contributed by atoms with Crippen molar-refractivity contribution in [3.63, 3.8) is 0 Å². The molecule has 1 aromatic carbocycles. The first-order chi connectivity index (χ1) is 9.13. The van der Waals surface area contributed by atoms with E-state index < -0.39 is 0 Å². The van der Waals surface area contributed by atoms with Gasteiger partial charge in [-0.25, -0.2) is 0 Å². The van der Waals surface area contributed by atoms with E-state index >= 15 is 0 Å². The number of nitrogens with one attached hydrogen (secondary N) is 1. The van der Waals surface area contributed by atoms with Crippen LogP contribution in [0.25, 0.3) is 0 Å². The molecule has 0 aromatic heterocycles. The maximum Gasteiger partial charge on any atom is 0.0471 e. The molecular weight excluding hydrogens is 256 g/mol. The van der Waals surface area contributed by atoms with Gasteiger partial charge in [-0.1, -0.05) is 31.5 Å². The van der Waals surface area contributed by atoms with E-state index in [4.69, 9.17) is 11.6 Å². The molecular formula is C16H25ClN2. The van der Waals surface area contributed by atoms with Gasteiger partial charge in [-0.05, 0) is 44.4 Å². The van der Waals surface area contributed by atoms with E-state index in [0.29, 0.717) is 6.04 Å². The molecule has 1 aliphatic rings. The number of hydrogen-bond donors (Lipinski definition) is 1. The Morgan fingerprint density at radius 2 is 2.11 bits per heavy atom. The van der Waals surface area contributed by atoms with Crippen LogP contribution >= 0.6 is 11.6 Å². The van der Waals surface area contributed by atoms with Gasteiger partial charge in [0.25, 0.3) is 0 Å². The average molecular weight is 281 g/mol. The highest BCUT2D eigenvalue weighted by Crippen LogP contribution is 2.33. The zero-order chi connectivity index (χ0) is 13.8. The van der Waals surface area contributed by atoms with Gasteiger partial charge in [0, 0.05) is 35.4 Å². The maximum atomic E-state index is 6.40. The maximum absolute atomic E-state index is 6.40. The first kappa shape index (κ1) is 14.7. The summed E-state index contributed by atoms with van der Waals surface area (Å²) in [6.45, 7) is 9.75. The third-order valence-corrected chi connectivity index (χ3v) is 4.43. The van der Waals surface area contributed by atoms with Crippen molar-refractivity contribution in [2.75, 3.05) is 18.0 Å². The second-order valence-electron chi connectivity index (χ2n) is 5.70. The van der Waals surface area contributed by atoms with Crippen LogP contribution in [0.2, 0.25) is 5.02 Å². The van der Waals surface area contributed by atoms with Crippen molar-refractivity contribution < 1.29 is 0 Å². The van der Waals surface area contributed by atoms with Crippen molar-refractivity contribution in [2.45, 2.75) is 46.2 Å². The minimum Gasteiger partial charge on any atom is -0.368 e. The highest BCUT2D eigenvalue weighted by Gasteiger charge is 2.25. The molecule has 1 heterocycles. The van der Waals surface area contributed by atoms with Gasteiger partial charge in [0.1, 0.15) is 0 Å². The van der Waals surface area contributed by atoms with Crippen molar-refractivity contribution in [2.24, 2.45) is 5.92 Å². The predicted octanol–water partition coefficient (Wildman–Crippen LogP) is 4.07. The number of piperidine rings is 1. The lowest BCUT2D eigenvalue weighted by molar-refractivity contribution is 0.389. The molecule has 19 heavy (non-hydrogen) atoms. The second kappa shape index (κ2) is 6.62. The van der Waals surface area contributed by atoms with E-state index in [2.05, 4.69) is 43.1 Å². The Bertz CT molecular complexity index is 419. The largest absolute Gasteiger partial charge is 0.368 e. The first-order valence-electron chi connectivity index (χ1n) is 7.38. The summed E-state index contributed by atoms with van der Waals surface area (Å²) in [6, 6.07) is 6.89. The van der Waals surface area contributed by atoms with Crippen LogP contribution < -0.4 is 10.2 Å². The van der Waals surface area contributed by atoms with Crippen LogP contribution in [0.15, 0.2) is 18.2 Å². The molecule has 0 radical (unpaired) electrons. The Morgan fingerprint density at radius 3 is 2.84 bits per heavy atom. The van der Waals surface area contributed by atoms with Gasteiger partial charge in [0.05, 0.1) is 0 Å². The molecule has 1 saturated heterocycles. The Labute approximate surface area is 122 Å². The normalized spacial score (nSPS) is 23.7. The van der Waals surface area contributed by atoms with Crippen molar-refractivity contribution in [3.05, 3.63) is 28.8 Å². The Balaban J connectivity index is 2.29. The van der Waals surface area contributed by atoms with Crippen LogP contribution in [0.1, 0.15) is 39.2 Å². The van der Waals surface area contributed by atoms with Gasteiger partial charge < -0.3 is 10.2 Å². The molecule has 2 unspecified atom stereocenters. The van der Waals surface area contributed by atoms with E-state index in [9.17, 15) is 0 Å².